The lowest BCUT2D eigenvalue weighted by atomic mass is 10.0. The maximum absolute atomic E-state index is 12.4. The first-order valence-electron chi connectivity index (χ1n) is 8.86. The van der Waals surface area contributed by atoms with Gasteiger partial charge in [-0.25, -0.2) is 4.79 Å². The molecule has 0 saturated heterocycles. The number of halogens is 1. The molecule has 0 fully saturated rings. The molecule has 0 atom stereocenters. The van der Waals surface area contributed by atoms with Crippen molar-refractivity contribution in [2.24, 2.45) is 0 Å². The maximum atomic E-state index is 12.4. The quantitative estimate of drug-likeness (QED) is 0.677. The van der Waals surface area contributed by atoms with Gasteiger partial charge < -0.3 is 20.1 Å². The van der Waals surface area contributed by atoms with Gasteiger partial charge in [0.25, 0.3) is 0 Å². The van der Waals surface area contributed by atoms with Crippen molar-refractivity contribution in [2.45, 2.75) is 19.5 Å². The van der Waals surface area contributed by atoms with Gasteiger partial charge in [0, 0.05) is 53.2 Å². The molecule has 0 radical (unpaired) electrons. The number of rotatable bonds is 4. The fraction of sp³-hybridized carbons (Fsp3) is 0.250. The lowest BCUT2D eigenvalue weighted by molar-refractivity contribution is 0.251. The van der Waals surface area contributed by atoms with Gasteiger partial charge in [-0.05, 0) is 49.4 Å². The van der Waals surface area contributed by atoms with Gasteiger partial charge in [0.1, 0.15) is 5.00 Å². The highest BCUT2D eigenvalue weighted by Gasteiger charge is 2.23. The van der Waals surface area contributed by atoms with Crippen molar-refractivity contribution >= 4 is 34.7 Å². The van der Waals surface area contributed by atoms with E-state index in [0.717, 1.165) is 19.5 Å². The summed E-state index contributed by atoms with van der Waals surface area (Å²) in [5, 5.41) is 7.62. The van der Waals surface area contributed by atoms with Gasteiger partial charge in [-0.1, -0.05) is 17.7 Å². The van der Waals surface area contributed by atoms with Crippen LogP contribution in [-0.2, 0) is 19.5 Å². The van der Waals surface area contributed by atoms with Crippen molar-refractivity contribution in [3.05, 3.63) is 69.8 Å². The molecule has 7 heteroatoms. The van der Waals surface area contributed by atoms with Crippen LogP contribution in [0.5, 0.6) is 0 Å². The number of fused-ring (bicyclic) bond motifs is 1. The van der Waals surface area contributed by atoms with Gasteiger partial charge in [0.05, 0.1) is 0 Å². The average Bonchev–Trinajstić information content (AvgIpc) is 3.27. The van der Waals surface area contributed by atoms with Crippen LogP contribution in [0.25, 0.3) is 5.00 Å². The number of nitrogens with zero attached hydrogens (tertiary/aromatic N) is 2. The summed E-state index contributed by atoms with van der Waals surface area (Å²) in [5.41, 5.74) is 3.27. The standard InChI is InChI=1S/C20H21ClN4OS/c1-24-10-7-16-17(19(27-18(16)13-24)25-8-2-3-9-25)12-22-20(26)23-15-6-4-5-14(21)11-15/h2-6,8-9,11H,7,10,12-13H2,1H3,(H2,22,23,26). The van der Waals surface area contributed by atoms with E-state index in [9.17, 15) is 4.79 Å². The molecule has 0 saturated carbocycles. The Labute approximate surface area is 167 Å². The minimum absolute atomic E-state index is 0.233. The van der Waals surface area contributed by atoms with Crippen molar-refractivity contribution in [1.82, 2.24) is 14.8 Å². The number of amides is 2. The molecule has 3 aromatic rings. The van der Waals surface area contributed by atoms with Gasteiger partial charge in [-0.2, -0.15) is 0 Å². The van der Waals surface area contributed by atoms with Gasteiger partial charge >= 0.3 is 6.03 Å². The average molecular weight is 401 g/mol. The third kappa shape index (κ3) is 4.03. The normalized spacial score (nSPS) is 14.0. The van der Waals surface area contributed by atoms with E-state index in [1.807, 2.05) is 35.6 Å². The monoisotopic (exact) mass is 400 g/mol. The zero-order chi connectivity index (χ0) is 18.8. The molecule has 2 N–H and O–H groups in total. The van der Waals surface area contributed by atoms with E-state index in [1.165, 1.54) is 21.0 Å². The first kappa shape index (κ1) is 18.1. The highest BCUT2D eigenvalue weighted by atomic mass is 35.5. The lowest BCUT2D eigenvalue weighted by Crippen LogP contribution is -2.30. The number of likely N-dealkylation sites (N-methyl/N-ethyl adjacent to an activating group) is 1. The number of thiophene rings is 1. The van der Waals surface area contributed by atoms with Crippen molar-refractivity contribution < 1.29 is 4.79 Å². The molecule has 5 nitrogen and oxygen atoms in total. The molecule has 0 bridgehead atoms. The van der Waals surface area contributed by atoms with Crippen molar-refractivity contribution in [1.29, 1.82) is 0 Å². The summed E-state index contributed by atoms with van der Waals surface area (Å²) in [6.45, 7) is 2.50. The van der Waals surface area contributed by atoms with E-state index in [2.05, 4.69) is 39.5 Å². The molecule has 4 rings (SSSR count). The van der Waals surface area contributed by atoms with Crippen LogP contribution in [-0.4, -0.2) is 29.1 Å². The predicted molar refractivity (Wildman–Crippen MR) is 111 cm³/mol. The number of anilines is 1. The molecule has 27 heavy (non-hydrogen) atoms. The van der Waals surface area contributed by atoms with Crippen LogP contribution in [0.15, 0.2) is 48.8 Å². The SMILES string of the molecule is CN1CCc2c(sc(-n3cccc3)c2CNC(=O)Nc2cccc(Cl)c2)C1. The number of nitrogens with one attached hydrogen (secondary N) is 2. The summed E-state index contributed by atoms with van der Waals surface area (Å²) in [4.78, 5) is 16.1. The Kier molecular flexibility index (Phi) is 5.20. The summed E-state index contributed by atoms with van der Waals surface area (Å²) in [6, 6.07) is 11.0. The Balaban J connectivity index is 1.53. The highest BCUT2D eigenvalue weighted by Crippen LogP contribution is 2.35. The minimum atomic E-state index is -0.233. The number of carbonyl (C=O) groups excluding carboxylic acids is 1. The van der Waals surface area contributed by atoms with E-state index >= 15 is 0 Å². The summed E-state index contributed by atoms with van der Waals surface area (Å²) >= 11 is 7.79. The maximum Gasteiger partial charge on any atom is 0.319 e. The van der Waals surface area contributed by atoms with Crippen LogP contribution in [0, 0.1) is 0 Å². The van der Waals surface area contributed by atoms with Crippen LogP contribution in [0.4, 0.5) is 10.5 Å². The smallest absolute Gasteiger partial charge is 0.319 e. The zero-order valence-corrected chi connectivity index (χ0v) is 16.6. The molecule has 1 aromatic carbocycles. The van der Waals surface area contributed by atoms with Gasteiger partial charge in [0.2, 0.25) is 0 Å². The predicted octanol–water partition coefficient (Wildman–Crippen LogP) is 4.50. The van der Waals surface area contributed by atoms with Crippen LogP contribution < -0.4 is 10.6 Å². The number of aromatic nitrogens is 1. The van der Waals surface area contributed by atoms with Gasteiger partial charge in [-0.15, -0.1) is 11.3 Å². The molecular formula is C20H21ClN4OS. The third-order valence-electron chi connectivity index (χ3n) is 4.68. The van der Waals surface area contributed by atoms with E-state index in [0.29, 0.717) is 17.3 Å². The molecule has 0 spiro atoms. The van der Waals surface area contributed by atoms with Gasteiger partial charge in [-0.3, -0.25) is 0 Å². The molecule has 1 aliphatic heterocycles. The zero-order valence-electron chi connectivity index (χ0n) is 15.0. The van der Waals surface area contributed by atoms with E-state index < -0.39 is 0 Å². The fourth-order valence-electron chi connectivity index (χ4n) is 3.35. The van der Waals surface area contributed by atoms with Crippen LogP contribution in [0.3, 0.4) is 0 Å². The number of carbonyl (C=O) groups is 1. The summed E-state index contributed by atoms with van der Waals surface area (Å²) in [5.74, 6) is 0. The Hall–Kier alpha value is -2.28. The second-order valence-electron chi connectivity index (χ2n) is 6.68. The van der Waals surface area contributed by atoms with Gasteiger partial charge in [0.15, 0.2) is 0 Å². The Morgan fingerprint density at radius 1 is 1.26 bits per heavy atom. The largest absolute Gasteiger partial charge is 0.334 e. The number of urea groups is 1. The molecule has 0 unspecified atom stereocenters. The van der Waals surface area contributed by atoms with E-state index in [-0.39, 0.29) is 6.03 Å². The van der Waals surface area contributed by atoms with E-state index in [1.54, 1.807) is 12.1 Å². The Bertz CT molecular complexity index is 951. The molecule has 140 valence electrons. The molecule has 2 aromatic heterocycles. The molecular weight excluding hydrogens is 380 g/mol. The number of hydrogen-bond donors (Lipinski definition) is 2. The highest BCUT2D eigenvalue weighted by molar-refractivity contribution is 7.14. The summed E-state index contributed by atoms with van der Waals surface area (Å²) in [7, 11) is 2.15. The number of hydrogen-bond acceptors (Lipinski definition) is 3. The fourth-order valence-corrected chi connectivity index (χ4v) is 4.96. The minimum Gasteiger partial charge on any atom is -0.334 e. The summed E-state index contributed by atoms with van der Waals surface area (Å²) < 4.78 is 2.13. The molecule has 0 aliphatic carbocycles. The van der Waals surface area contributed by atoms with Crippen LogP contribution >= 0.6 is 22.9 Å². The van der Waals surface area contributed by atoms with E-state index in [4.69, 9.17) is 11.6 Å². The lowest BCUT2D eigenvalue weighted by Gasteiger charge is -2.22. The molecule has 3 heterocycles. The Morgan fingerprint density at radius 3 is 2.85 bits per heavy atom. The van der Waals surface area contributed by atoms with Crippen LogP contribution in [0.2, 0.25) is 5.02 Å². The Morgan fingerprint density at radius 2 is 2.07 bits per heavy atom. The molecule has 2 amide bonds. The second kappa shape index (κ2) is 7.76. The van der Waals surface area contributed by atoms with Crippen molar-refractivity contribution in [3.63, 3.8) is 0 Å². The number of benzene rings is 1. The van der Waals surface area contributed by atoms with Crippen molar-refractivity contribution in [3.8, 4) is 5.00 Å². The topological polar surface area (TPSA) is 49.3 Å². The van der Waals surface area contributed by atoms with Crippen LogP contribution in [0.1, 0.15) is 16.0 Å². The molecule has 1 aliphatic rings. The first-order chi connectivity index (χ1) is 13.1. The first-order valence-corrected chi connectivity index (χ1v) is 10.1. The summed E-state index contributed by atoms with van der Waals surface area (Å²) in [6.07, 6.45) is 5.11. The third-order valence-corrected chi connectivity index (χ3v) is 6.19. The second-order valence-corrected chi connectivity index (χ2v) is 8.20. The van der Waals surface area contributed by atoms with Crippen molar-refractivity contribution in [2.75, 3.05) is 18.9 Å².